The Bertz CT molecular complexity index is 965. The predicted octanol–water partition coefficient (Wildman–Crippen LogP) is 10.2. The van der Waals surface area contributed by atoms with E-state index in [1.807, 2.05) is 6.07 Å². The van der Waals surface area contributed by atoms with Crippen LogP contribution in [0.3, 0.4) is 0 Å². The molecule has 4 heteroatoms. The van der Waals surface area contributed by atoms with Crippen LogP contribution < -0.4 is 0 Å². The minimum absolute atomic E-state index is 0.00329. The van der Waals surface area contributed by atoms with E-state index in [-0.39, 0.29) is 4.90 Å². The maximum Gasteiger partial charge on any atom is 0.294 e. The molecule has 0 amide bonds. The molecule has 36 heavy (non-hydrogen) atoms. The molecule has 0 aliphatic heterocycles. The minimum Gasteiger partial charge on any atom is -0.282 e. The molecule has 0 atom stereocenters. The van der Waals surface area contributed by atoms with Gasteiger partial charge in [-0.25, -0.2) is 0 Å². The summed E-state index contributed by atoms with van der Waals surface area (Å²) in [5.74, 6) is 0. The molecule has 0 bridgehead atoms. The molecular formula is C32H52O3S. The van der Waals surface area contributed by atoms with Crippen molar-refractivity contribution in [3.63, 3.8) is 0 Å². The van der Waals surface area contributed by atoms with Crippen molar-refractivity contribution < 1.29 is 13.0 Å². The molecule has 1 N–H and O–H groups in total. The third kappa shape index (κ3) is 11.8. The highest BCUT2D eigenvalue weighted by molar-refractivity contribution is 7.85. The van der Waals surface area contributed by atoms with Crippen LogP contribution in [0.2, 0.25) is 0 Å². The SMILES string of the molecule is CCCCCCCCCCCc1ccc2ccc(S(=O)(=O)O)cc2c1CCCCCCCCCCC. The van der Waals surface area contributed by atoms with Crippen molar-refractivity contribution in [2.75, 3.05) is 0 Å². The van der Waals surface area contributed by atoms with Crippen molar-refractivity contribution in [3.05, 3.63) is 41.5 Å². The van der Waals surface area contributed by atoms with Crippen LogP contribution in [-0.4, -0.2) is 13.0 Å². The van der Waals surface area contributed by atoms with Gasteiger partial charge in [-0.1, -0.05) is 135 Å². The van der Waals surface area contributed by atoms with E-state index in [2.05, 4.69) is 26.0 Å². The molecule has 0 aromatic heterocycles. The highest BCUT2D eigenvalue weighted by Gasteiger charge is 2.14. The van der Waals surface area contributed by atoms with Gasteiger partial charge in [0.2, 0.25) is 0 Å². The van der Waals surface area contributed by atoms with Gasteiger partial charge in [0, 0.05) is 0 Å². The second-order valence-corrected chi connectivity index (χ2v) is 12.1. The third-order valence-corrected chi connectivity index (χ3v) is 8.43. The summed E-state index contributed by atoms with van der Waals surface area (Å²) in [6, 6.07) is 9.41. The normalized spacial score (nSPS) is 12.0. The van der Waals surface area contributed by atoms with E-state index in [0.29, 0.717) is 0 Å². The number of fused-ring (bicyclic) bond motifs is 1. The first-order valence-corrected chi connectivity index (χ1v) is 16.4. The molecule has 204 valence electrons. The van der Waals surface area contributed by atoms with Crippen molar-refractivity contribution in [2.24, 2.45) is 0 Å². The van der Waals surface area contributed by atoms with Crippen molar-refractivity contribution in [1.29, 1.82) is 0 Å². The van der Waals surface area contributed by atoms with Crippen LogP contribution in [0.5, 0.6) is 0 Å². The fraction of sp³-hybridized carbons (Fsp3) is 0.688. The maximum atomic E-state index is 11.8. The van der Waals surface area contributed by atoms with Crippen LogP contribution in [0.4, 0.5) is 0 Å². The summed E-state index contributed by atoms with van der Waals surface area (Å²) in [5.41, 5.74) is 2.65. The smallest absolute Gasteiger partial charge is 0.282 e. The lowest BCUT2D eigenvalue weighted by Gasteiger charge is -2.14. The van der Waals surface area contributed by atoms with Gasteiger partial charge in [-0.3, -0.25) is 4.55 Å². The Kier molecular flexibility index (Phi) is 15.4. The molecule has 0 saturated carbocycles. The van der Waals surface area contributed by atoms with Crippen molar-refractivity contribution in [2.45, 2.75) is 147 Å². The van der Waals surface area contributed by atoms with Crippen LogP contribution >= 0.6 is 0 Å². The fourth-order valence-electron chi connectivity index (χ4n) is 5.33. The summed E-state index contributed by atoms with van der Waals surface area (Å²) in [6.45, 7) is 4.52. The van der Waals surface area contributed by atoms with Crippen LogP contribution in [0.1, 0.15) is 141 Å². The molecule has 2 rings (SSSR count). The van der Waals surface area contributed by atoms with Gasteiger partial charge in [-0.05, 0) is 59.7 Å². The fourth-order valence-corrected chi connectivity index (χ4v) is 5.84. The monoisotopic (exact) mass is 516 g/mol. The maximum absolute atomic E-state index is 11.8. The molecule has 0 saturated heterocycles. The number of hydrogen-bond donors (Lipinski definition) is 1. The van der Waals surface area contributed by atoms with E-state index >= 15 is 0 Å². The number of aryl methyl sites for hydroxylation is 2. The summed E-state index contributed by atoms with van der Waals surface area (Å²) >= 11 is 0. The number of unbranched alkanes of at least 4 members (excludes halogenated alkanes) is 16. The highest BCUT2D eigenvalue weighted by atomic mass is 32.2. The van der Waals surface area contributed by atoms with Gasteiger partial charge in [0.25, 0.3) is 10.1 Å². The number of rotatable bonds is 21. The second-order valence-electron chi connectivity index (χ2n) is 10.7. The van der Waals surface area contributed by atoms with Gasteiger partial charge in [0.15, 0.2) is 0 Å². The Hall–Kier alpha value is -1.39. The lowest BCUT2D eigenvalue weighted by Crippen LogP contribution is -2.01. The first kappa shape index (κ1) is 30.8. The second kappa shape index (κ2) is 18.0. The summed E-state index contributed by atoms with van der Waals surface area (Å²) in [5, 5.41) is 2.06. The van der Waals surface area contributed by atoms with Gasteiger partial charge >= 0.3 is 0 Å². The molecule has 0 heterocycles. The summed E-state index contributed by atoms with van der Waals surface area (Å²) in [6.07, 6.45) is 25.6. The first-order chi connectivity index (χ1) is 17.5. The molecule has 2 aromatic rings. The highest BCUT2D eigenvalue weighted by Crippen LogP contribution is 2.29. The molecule has 0 unspecified atom stereocenters. The molecular weight excluding hydrogens is 464 g/mol. The molecule has 2 aromatic carbocycles. The standard InChI is InChI=1S/C32H52O3S/c1-3-5-7-9-11-13-15-17-19-21-28-23-24-29-25-26-30(36(33,34)35)27-32(29)31(28)22-20-18-16-14-12-10-8-6-4-2/h23-27H,3-22H2,1-2H3,(H,33,34,35). The van der Waals surface area contributed by atoms with E-state index < -0.39 is 10.1 Å². The van der Waals surface area contributed by atoms with Crippen molar-refractivity contribution in [1.82, 2.24) is 0 Å². The third-order valence-electron chi connectivity index (χ3n) is 7.58. The summed E-state index contributed by atoms with van der Waals surface area (Å²) < 4.78 is 33.2. The van der Waals surface area contributed by atoms with Gasteiger partial charge < -0.3 is 0 Å². The Balaban J connectivity index is 1.95. The first-order valence-electron chi connectivity index (χ1n) is 15.0. The Morgan fingerprint density at radius 3 is 1.53 bits per heavy atom. The average molecular weight is 517 g/mol. The van der Waals surface area contributed by atoms with Crippen LogP contribution in [0.15, 0.2) is 35.2 Å². The predicted molar refractivity (Wildman–Crippen MR) is 156 cm³/mol. The molecule has 0 spiro atoms. The van der Waals surface area contributed by atoms with E-state index in [9.17, 15) is 13.0 Å². The zero-order chi connectivity index (χ0) is 26.1. The molecule has 3 nitrogen and oxygen atoms in total. The number of hydrogen-bond acceptors (Lipinski definition) is 2. The van der Waals surface area contributed by atoms with Crippen LogP contribution in [0, 0.1) is 0 Å². The minimum atomic E-state index is -4.20. The Morgan fingerprint density at radius 1 is 0.583 bits per heavy atom. The quantitative estimate of drug-likeness (QED) is 0.133. The van der Waals surface area contributed by atoms with Crippen molar-refractivity contribution >= 4 is 20.9 Å². The summed E-state index contributed by atoms with van der Waals surface area (Å²) in [4.78, 5) is 0.00329. The van der Waals surface area contributed by atoms with E-state index in [0.717, 1.165) is 30.0 Å². The molecule has 0 aliphatic carbocycles. The molecule has 0 fully saturated rings. The van der Waals surface area contributed by atoms with E-state index in [4.69, 9.17) is 0 Å². The number of benzene rings is 2. The summed E-state index contributed by atoms with van der Waals surface area (Å²) in [7, 11) is -4.20. The van der Waals surface area contributed by atoms with Gasteiger partial charge in [0.1, 0.15) is 0 Å². The average Bonchev–Trinajstić information content (AvgIpc) is 2.86. The molecule has 0 aliphatic rings. The van der Waals surface area contributed by atoms with E-state index in [1.54, 1.807) is 6.07 Å². The Morgan fingerprint density at radius 2 is 1.03 bits per heavy atom. The lowest BCUT2D eigenvalue weighted by atomic mass is 9.91. The molecule has 0 radical (unpaired) electrons. The lowest BCUT2D eigenvalue weighted by molar-refractivity contribution is 0.483. The zero-order valence-corrected chi connectivity index (χ0v) is 24.0. The van der Waals surface area contributed by atoms with Gasteiger partial charge in [0.05, 0.1) is 4.90 Å². The topological polar surface area (TPSA) is 54.4 Å². The van der Waals surface area contributed by atoms with Gasteiger partial charge in [-0.15, -0.1) is 0 Å². The van der Waals surface area contributed by atoms with Crippen LogP contribution in [-0.2, 0) is 23.0 Å². The van der Waals surface area contributed by atoms with Crippen molar-refractivity contribution in [3.8, 4) is 0 Å². The Labute approximate surface area is 222 Å². The largest absolute Gasteiger partial charge is 0.294 e. The zero-order valence-electron chi connectivity index (χ0n) is 23.2. The van der Waals surface area contributed by atoms with Crippen LogP contribution in [0.25, 0.3) is 10.8 Å². The van der Waals surface area contributed by atoms with E-state index in [1.165, 1.54) is 126 Å². The van der Waals surface area contributed by atoms with Gasteiger partial charge in [-0.2, -0.15) is 8.42 Å².